The Hall–Kier alpha value is -1.34. The second kappa shape index (κ2) is 5.53. The highest BCUT2D eigenvalue weighted by atomic mass is 127. The number of amides is 1. The molecule has 0 aliphatic heterocycles. The number of nitrogens with zero attached hydrogens (tertiary/aromatic N) is 1. The maximum atomic E-state index is 12.0. The number of hydrogen-bond donors (Lipinski definition) is 2. The third-order valence-corrected chi connectivity index (χ3v) is 3.22. The summed E-state index contributed by atoms with van der Waals surface area (Å²) in [6, 6.07) is 8.64. The Labute approximate surface area is 123 Å². The van der Waals surface area contributed by atoms with E-state index in [9.17, 15) is 4.79 Å². The molecular formula is C12H9ClIN3O. The zero-order chi connectivity index (χ0) is 13.1. The predicted molar refractivity (Wildman–Crippen MR) is 80.8 cm³/mol. The molecule has 0 saturated heterocycles. The van der Waals surface area contributed by atoms with Crippen LogP contribution in [0.15, 0.2) is 36.5 Å². The molecule has 2 aromatic rings. The largest absolute Gasteiger partial charge is 0.397 e. The van der Waals surface area contributed by atoms with E-state index in [4.69, 9.17) is 17.3 Å². The standard InChI is InChI=1S/C12H9ClIN3O/c13-8-6-7(14)3-4-10(8)17-12(18)11-9(15)2-1-5-16-11/h1-6H,15H2,(H,17,18). The van der Waals surface area contributed by atoms with E-state index in [1.165, 1.54) is 6.20 Å². The Bertz CT molecular complexity index is 604. The second-order valence-corrected chi connectivity index (χ2v) is 5.17. The van der Waals surface area contributed by atoms with Gasteiger partial charge in [0, 0.05) is 9.77 Å². The summed E-state index contributed by atoms with van der Waals surface area (Å²) in [6.07, 6.45) is 1.51. The summed E-state index contributed by atoms with van der Waals surface area (Å²) in [5.41, 5.74) is 6.73. The van der Waals surface area contributed by atoms with E-state index in [0.717, 1.165) is 3.57 Å². The van der Waals surface area contributed by atoms with E-state index in [1.807, 2.05) is 6.07 Å². The van der Waals surface area contributed by atoms with Crippen molar-refractivity contribution in [2.45, 2.75) is 0 Å². The van der Waals surface area contributed by atoms with Crippen LogP contribution in [0.2, 0.25) is 5.02 Å². The molecule has 0 aliphatic carbocycles. The Morgan fingerprint density at radius 3 is 2.83 bits per heavy atom. The Kier molecular flexibility index (Phi) is 4.03. The number of nitrogens with one attached hydrogen (secondary N) is 1. The lowest BCUT2D eigenvalue weighted by molar-refractivity contribution is 0.102. The number of halogens is 2. The number of nitrogen functional groups attached to an aromatic ring is 1. The average molecular weight is 374 g/mol. The molecule has 0 unspecified atom stereocenters. The molecule has 1 aromatic heterocycles. The number of benzene rings is 1. The zero-order valence-corrected chi connectivity index (χ0v) is 12.1. The molecule has 4 nitrogen and oxygen atoms in total. The molecule has 0 saturated carbocycles. The van der Waals surface area contributed by atoms with E-state index in [2.05, 4.69) is 32.9 Å². The Morgan fingerprint density at radius 1 is 1.39 bits per heavy atom. The number of aromatic nitrogens is 1. The van der Waals surface area contributed by atoms with E-state index in [-0.39, 0.29) is 11.6 Å². The molecule has 2 rings (SSSR count). The van der Waals surface area contributed by atoms with Crippen LogP contribution in [0, 0.1) is 3.57 Å². The first-order valence-electron chi connectivity index (χ1n) is 5.05. The second-order valence-electron chi connectivity index (χ2n) is 3.52. The predicted octanol–water partition coefficient (Wildman–Crippen LogP) is 3.17. The molecule has 0 radical (unpaired) electrons. The molecule has 1 amide bonds. The van der Waals surface area contributed by atoms with E-state index in [1.54, 1.807) is 24.3 Å². The van der Waals surface area contributed by atoms with Crippen LogP contribution in [-0.2, 0) is 0 Å². The van der Waals surface area contributed by atoms with Crippen molar-refractivity contribution in [1.82, 2.24) is 4.98 Å². The van der Waals surface area contributed by atoms with E-state index < -0.39 is 0 Å². The molecule has 1 aromatic carbocycles. The summed E-state index contributed by atoms with van der Waals surface area (Å²) in [7, 11) is 0. The van der Waals surface area contributed by atoms with Gasteiger partial charge in [0.05, 0.1) is 16.4 Å². The van der Waals surface area contributed by atoms with Crippen molar-refractivity contribution < 1.29 is 4.79 Å². The van der Waals surface area contributed by atoms with Crippen LogP contribution in [0.1, 0.15) is 10.5 Å². The molecule has 6 heteroatoms. The third-order valence-electron chi connectivity index (χ3n) is 2.23. The lowest BCUT2D eigenvalue weighted by atomic mass is 10.2. The highest BCUT2D eigenvalue weighted by Gasteiger charge is 2.12. The SMILES string of the molecule is Nc1cccnc1C(=O)Nc1ccc(I)cc1Cl. The van der Waals surface area contributed by atoms with E-state index in [0.29, 0.717) is 16.4 Å². The van der Waals surface area contributed by atoms with Gasteiger partial charge in [0.15, 0.2) is 5.69 Å². The van der Waals surface area contributed by atoms with Gasteiger partial charge in [-0.05, 0) is 52.9 Å². The maximum Gasteiger partial charge on any atom is 0.276 e. The summed E-state index contributed by atoms with van der Waals surface area (Å²) >= 11 is 8.17. The summed E-state index contributed by atoms with van der Waals surface area (Å²) in [5.74, 6) is -0.379. The molecule has 0 fully saturated rings. The fraction of sp³-hybridized carbons (Fsp3) is 0. The number of anilines is 2. The minimum absolute atomic E-state index is 0.187. The van der Waals surface area contributed by atoms with Crippen molar-refractivity contribution in [2.24, 2.45) is 0 Å². The topological polar surface area (TPSA) is 68.0 Å². The van der Waals surface area contributed by atoms with Gasteiger partial charge in [-0.1, -0.05) is 11.6 Å². The van der Waals surface area contributed by atoms with Crippen LogP contribution in [-0.4, -0.2) is 10.9 Å². The summed E-state index contributed by atoms with van der Waals surface area (Å²) in [4.78, 5) is 15.9. The van der Waals surface area contributed by atoms with Gasteiger partial charge >= 0.3 is 0 Å². The van der Waals surface area contributed by atoms with Gasteiger partial charge < -0.3 is 11.1 Å². The number of carbonyl (C=O) groups excluding carboxylic acids is 1. The molecule has 1 heterocycles. The normalized spacial score (nSPS) is 10.1. The quantitative estimate of drug-likeness (QED) is 0.795. The van der Waals surface area contributed by atoms with Crippen LogP contribution < -0.4 is 11.1 Å². The van der Waals surface area contributed by atoms with Gasteiger partial charge in [0.1, 0.15) is 0 Å². The first-order valence-corrected chi connectivity index (χ1v) is 6.50. The Morgan fingerprint density at radius 2 is 2.17 bits per heavy atom. The summed E-state index contributed by atoms with van der Waals surface area (Å²) < 4.78 is 0.993. The maximum absolute atomic E-state index is 12.0. The number of hydrogen-bond acceptors (Lipinski definition) is 3. The average Bonchev–Trinajstić information content (AvgIpc) is 2.33. The van der Waals surface area contributed by atoms with Gasteiger partial charge in [-0.25, -0.2) is 4.98 Å². The molecule has 92 valence electrons. The van der Waals surface area contributed by atoms with Crippen molar-refractivity contribution in [2.75, 3.05) is 11.1 Å². The third kappa shape index (κ3) is 2.91. The molecule has 3 N–H and O–H groups in total. The van der Waals surface area contributed by atoms with Crippen LogP contribution in [0.5, 0.6) is 0 Å². The van der Waals surface area contributed by atoms with Gasteiger partial charge in [-0.3, -0.25) is 4.79 Å². The molecular weight excluding hydrogens is 365 g/mol. The minimum atomic E-state index is -0.379. The van der Waals surface area contributed by atoms with Crippen LogP contribution in [0.4, 0.5) is 11.4 Å². The van der Waals surface area contributed by atoms with Gasteiger partial charge in [0.25, 0.3) is 5.91 Å². The smallest absolute Gasteiger partial charge is 0.276 e. The van der Waals surface area contributed by atoms with Crippen molar-refractivity contribution in [3.63, 3.8) is 0 Å². The lowest BCUT2D eigenvalue weighted by Crippen LogP contribution is -2.15. The first-order chi connectivity index (χ1) is 8.58. The summed E-state index contributed by atoms with van der Waals surface area (Å²) in [5, 5.41) is 3.15. The van der Waals surface area contributed by atoms with Crippen molar-refractivity contribution in [1.29, 1.82) is 0 Å². The van der Waals surface area contributed by atoms with Crippen LogP contribution >= 0.6 is 34.2 Å². The molecule has 18 heavy (non-hydrogen) atoms. The number of rotatable bonds is 2. The number of pyridine rings is 1. The summed E-state index contributed by atoms with van der Waals surface area (Å²) in [6.45, 7) is 0. The Balaban J connectivity index is 2.24. The van der Waals surface area contributed by atoms with Gasteiger partial charge in [-0.15, -0.1) is 0 Å². The zero-order valence-electron chi connectivity index (χ0n) is 9.15. The van der Waals surface area contributed by atoms with Crippen LogP contribution in [0.3, 0.4) is 0 Å². The molecule has 0 atom stereocenters. The monoisotopic (exact) mass is 373 g/mol. The molecule has 0 spiro atoms. The van der Waals surface area contributed by atoms with Gasteiger partial charge in [0.2, 0.25) is 0 Å². The minimum Gasteiger partial charge on any atom is -0.397 e. The van der Waals surface area contributed by atoms with Crippen molar-refractivity contribution in [3.05, 3.63) is 50.8 Å². The highest BCUT2D eigenvalue weighted by Crippen LogP contribution is 2.24. The first kappa shape index (κ1) is 13.1. The fourth-order valence-electron chi connectivity index (χ4n) is 1.38. The van der Waals surface area contributed by atoms with Crippen molar-refractivity contribution in [3.8, 4) is 0 Å². The number of carbonyl (C=O) groups is 1. The van der Waals surface area contributed by atoms with Gasteiger partial charge in [-0.2, -0.15) is 0 Å². The van der Waals surface area contributed by atoms with Crippen LogP contribution in [0.25, 0.3) is 0 Å². The van der Waals surface area contributed by atoms with E-state index >= 15 is 0 Å². The molecule has 0 bridgehead atoms. The molecule has 0 aliphatic rings. The number of nitrogens with two attached hydrogens (primary N) is 1. The highest BCUT2D eigenvalue weighted by molar-refractivity contribution is 14.1. The fourth-order valence-corrected chi connectivity index (χ4v) is 2.28. The lowest BCUT2D eigenvalue weighted by Gasteiger charge is -2.08. The van der Waals surface area contributed by atoms with Crippen molar-refractivity contribution >= 4 is 51.5 Å².